The molecule has 1 amide bonds. The zero-order valence-electron chi connectivity index (χ0n) is 19.4. The number of carbonyl (C=O) groups is 1. The van der Waals surface area contributed by atoms with Crippen molar-refractivity contribution in [2.75, 3.05) is 31.8 Å². The maximum Gasteiger partial charge on any atom is 0.258 e. The number of fused-ring (bicyclic) bond motifs is 3. The molecule has 8 heteroatoms. The van der Waals surface area contributed by atoms with Crippen molar-refractivity contribution in [3.63, 3.8) is 0 Å². The summed E-state index contributed by atoms with van der Waals surface area (Å²) in [7, 11) is 0.771. The van der Waals surface area contributed by atoms with Crippen LogP contribution < -0.4 is 10.6 Å². The summed E-state index contributed by atoms with van der Waals surface area (Å²) in [6.07, 6.45) is 8.35. The predicted molar refractivity (Wildman–Crippen MR) is 128 cm³/mol. The highest BCUT2D eigenvalue weighted by Crippen LogP contribution is 2.39. The minimum atomic E-state index is -1.11. The predicted octanol–water partition coefficient (Wildman–Crippen LogP) is 3.72. The number of nitrogens with zero attached hydrogens (tertiary/aromatic N) is 4. The average molecular weight is 444 g/mol. The van der Waals surface area contributed by atoms with Crippen LogP contribution in [0, 0.1) is 5.92 Å². The van der Waals surface area contributed by atoms with Crippen LogP contribution in [0.25, 0.3) is 11.0 Å². The van der Waals surface area contributed by atoms with Crippen molar-refractivity contribution in [3.05, 3.63) is 24.0 Å². The summed E-state index contributed by atoms with van der Waals surface area (Å²) in [5.74, 6) is 0.683. The van der Waals surface area contributed by atoms with Gasteiger partial charge < -0.3 is 24.8 Å². The van der Waals surface area contributed by atoms with Crippen molar-refractivity contribution in [2.45, 2.75) is 64.1 Å². The van der Waals surface area contributed by atoms with Crippen molar-refractivity contribution in [2.24, 2.45) is 11.7 Å². The van der Waals surface area contributed by atoms with Crippen LogP contribution in [-0.2, 0) is 11.5 Å². The van der Waals surface area contributed by atoms with Gasteiger partial charge in [0.15, 0.2) is 0 Å². The quantitative estimate of drug-likeness (QED) is 0.521. The first-order valence-electron chi connectivity index (χ1n) is 11.6. The second-order valence-corrected chi connectivity index (χ2v) is 16.0. The van der Waals surface area contributed by atoms with E-state index in [4.69, 9.17) is 10.5 Å². The Balaban J connectivity index is 1.61. The summed E-state index contributed by atoms with van der Waals surface area (Å²) in [6, 6.07) is 3.67. The van der Waals surface area contributed by atoms with Crippen LogP contribution in [0.1, 0.15) is 36.0 Å². The van der Waals surface area contributed by atoms with E-state index in [1.54, 1.807) is 11.1 Å². The molecule has 3 heterocycles. The molecule has 1 aliphatic heterocycles. The van der Waals surface area contributed by atoms with Gasteiger partial charge in [-0.05, 0) is 50.3 Å². The first-order valence-corrected chi connectivity index (χ1v) is 15.3. The molecule has 1 fully saturated rings. The average Bonchev–Trinajstić information content (AvgIpc) is 3.16. The first kappa shape index (κ1) is 22.3. The minimum absolute atomic E-state index is 0.0513. The van der Waals surface area contributed by atoms with Gasteiger partial charge in [-0.1, -0.05) is 19.6 Å². The van der Waals surface area contributed by atoms with Gasteiger partial charge in [-0.2, -0.15) is 0 Å². The Hall–Kier alpha value is -1.90. The highest BCUT2D eigenvalue weighted by molar-refractivity contribution is 6.76. The van der Waals surface area contributed by atoms with Gasteiger partial charge in [-0.3, -0.25) is 4.79 Å². The Kier molecular flexibility index (Phi) is 6.41. The number of anilines is 1. The van der Waals surface area contributed by atoms with E-state index in [-0.39, 0.29) is 5.91 Å². The van der Waals surface area contributed by atoms with Crippen LogP contribution in [0.3, 0.4) is 0 Å². The van der Waals surface area contributed by atoms with E-state index in [0.717, 1.165) is 61.6 Å². The molecule has 0 unspecified atom stereocenters. The van der Waals surface area contributed by atoms with Gasteiger partial charge in [0.25, 0.3) is 5.91 Å². The van der Waals surface area contributed by atoms with Crippen molar-refractivity contribution in [3.8, 4) is 0 Å². The van der Waals surface area contributed by atoms with Crippen molar-refractivity contribution >= 4 is 30.7 Å². The van der Waals surface area contributed by atoms with Gasteiger partial charge in [-0.15, -0.1) is 0 Å². The summed E-state index contributed by atoms with van der Waals surface area (Å²) in [5, 5.41) is 1.05. The maximum absolute atomic E-state index is 12.9. The van der Waals surface area contributed by atoms with Crippen molar-refractivity contribution < 1.29 is 9.53 Å². The molecule has 31 heavy (non-hydrogen) atoms. The molecule has 1 aliphatic carbocycles. The molecule has 2 aromatic heterocycles. The lowest BCUT2D eigenvalue weighted by molar-refractivity contribution is 0.0774. The summed E-state index contributed by atoms with van der Waals surface area (Å²) in [6.45, 7) is 9.75. The molecule has 2 aromatic rings. The second-order valence-electron chi connectivity index (χ2n) is 10.4. The van der Waals surface area contributed by atoms with Gasteiger partial charge in [0, 0.05) is 45.6 Å². The van der Waals surface area contributed by atoms with E-state index in [9.17, 15) is 4.79 Å². The number of rotatable bonds is 7. The van der Waals surface area contributed by atoms with E-state index < -0.39 is 8.07 Å². The highest BCUT2D eigenvalue weighted by Gasteiger charge is 2.35. The molecule has 0 radical (unpaired) electrons. The number of ether oxygens (including phenoxy) is 1. The molecule has 0 aromatic carbocycles. The fourth-order valence-electron chi connectivity index (χ4n) is 4.80. The lowest BCUT2D eigenvalue weighted by Crippen LogP contribution is -2.50. The van der Waals surface area contributed by atoms with Gasteiger partial charge in [-0.25, -0.2) is 4.98 Å². The van der Waals surface area contributed by atoms with E-state index in [2.05, 4.69) is 40.2 Å². The third-order valence-electron chi connectivity index (χ3n) is 6.81. The van der Waals surface area contributed by atoms with Crippen molar-refractivity contribution in [1.29, 1.82) is 0 Å². The molecule has 2 N–H and O–H groups in total. The molecule has 170 valence electrons. The fraction of sp³-hybridized carbons (Fsp3) is 0.652. The number of amides is 1. The molecule has 1 saturated carbocycles. The molecular formula is C23H37N5O2Si. The molecule has 0 spiro atoms. The smallest absolute Gasteiger partial charge is 0.258 e. The van der Waals surface area contributed by atoms with Crippen molar-refractivity contribution in [1.82, 2.24) is 14.5 Å². The highest BCUT2D eigenvalue weighted by atomic mass is 28.3. The summed E-state index contributed by atoms with van der Waals surface area (Å²) >= 11 is 0. The largest absolute Gasteiger partial charge is 0.361 e. The third-order valence-corrected chi connectivity index (χ3v) is 8.51. The summed E-state index contributed by atoms with van der Waals surface area (Å²) < 4.78 is 8.03. The number of aromatic nitrogens is 2. The number of hydrogen-bond donors (Lipinski definition) is 1. The lowest BCUT2D eigenvalue weighted by atomic mass is 9.85. The SMILES string of the molecule is CN1CN([C@H]2CC[C@H](CN)CC2)c2c(cnc3c2ccn3COCC[Si](C)(C)C)C1=O. The van der Waals surface area contributed by atoms with E-state index in [0.29, 0.717) is 30.9 Å². The standard InChI is InChI=1S/C23H37N5O2Si/c1-26-15-28(18-7-5-17(13-24)6-8-18)21-19-9-10-27(16-30-11-12-31(2,3)4)22(19)25-14-20(21)23(26)29/h9-10,14,17-18H,5-8,11-13,15-16,24H2,1-4H3/t17-,18-. The molecule has 0 atom stereocenters. The van der Waals surface area contributed by atoms with Crippen LogP contribution in [0.2, 0.25) is 25.7 Å². The monoisotopic (exact) mass is 443 g/mol. The van der Waals surface area contributed by atoms with Gasteiger partial charge in [0.1, 0.15) is 12.4 Å². The van der Waals surface area contributed by atoms with Gasteiger partial charge in [0.05, 0.1) is 17.9 Å². The van der Waals surface area contributed by atoms with Gasteiger partial charge in [0.2, 0.25) is 0 Å². The van der Waals surface area contributed by atoms with Crippen LogP contribution in [0.4, 0.5) is 5.69 Å². The Morgan fingerprint density at radius 3 is 2.65 bits per heavy atom. The zero-order valence-corrected chi connectivity index (χ0v) is 20.4. The van der Waals surface area contributed by atoms with E-state index in [1.807, 2.05) is 13.2 Å². The number of carbonyl (C=O) groups excluding carboxylic acids is 1. The van der Waals surface area contributed by atoms with E-state index in [1.165, 1.54) is 0 Å². The summed E-state index contributed by atoms with van der Waals surface area (Å²) in [5.41, 5.74) is 8.56. The Morgan fingerprint density at radius 2 is 1.97 bits per heavy atom. The van der Waals surface area contributed by atoms with Crippen LogP contribution >= 0.6 is 0 Å². The van der Waals surface area contributed by atoms with Crippen LogP contribution in [0.15, 0.2) is 18.5 Å². The number of nitrogens with two attached hydrogens (primary N) is 1. The molecular weight excluding hydrogens is 406 g/mol. The second kappa shape index (κ2) is 8.92. The first-order chi connectivity index (χ1) is 14.8. The Bertz CT molecular complexity index is 930. The van der Waals surface area contributed by atoms with Gasteiger partial charge >= 0.3 is 0 Å². The molecule has 2 aliphatic rings. The molecule has 0 saturated heterocycles. The maximum atomic E-state index is 12.9. The number of pyridine rings is 1. The molecule has 7 nitrogen and oxygen atoms in total. The Morgan fingerprint density at radius 1 is 1.23 bits per heavy atom. The normalized spacial score (nSPS) is 22.3. The Labute approximate surface area is 186 Å². The minimum Gasteiger partial charge on any atom is -0.361 e. The number of hydrogen-bond acceptors (Lipinski definition) is 5. The van der Waals surface area contributed by atoms with Crippen LogP contribution in [-0.4, -0.2) is 61.3 Å². The zero-order chi connectivity index (χ0) is 22.2. The fourth-order valence-corrected chi connectivity index (χ4v) is 5.55. The molecule has 4 rings (SSSR count). The lowest BCUT2D eigenvalue weighted by Gasteiger charge is -2.43. The van der Waals surface area contributed by atoms with Crippen LogP contribution in [0.5, 0.6) is 0 Å². The summed E-state index contributed by atoms with van der Waals surface area (Å²) in [4.78, 5) is 21.8. The van der Waals surface area contributed by atoms with E-state index >= 15 is 0 Å². The molecule has 0 bridgehead atoms. The third kappa shape index (κ3) is 4.66. The topological polar surface area (TPSA) is 76.6 Å².